The number of benzene rings is 2. The monoisotopic (exact) mass is 303 g/mol. The number of nitrogens with two attached hydrogens (primary N) is 1. The summed E-state index contributed by atoms with van der Waals surface area (Å²) in [5.74, 6) is 0.866. The third-order valence-electron chi connectivity index (χ3n) is 3.19. The van der Waals surface area contributed by atoms with Gasteiger partial charge in [-0.05, 0) is 47.4 Å². The molecule has 2 rings (SSSR count). The maximum absolute atomic E-state index is 13.5. The van der Waals surface area contributed by atoms with Crippen molar-refractivity contribution in [3.63, 3.8) is 0 Å². The minimum absolute atomic E-state index is 0.178. The molecule has 2 aromatic rings. The van der Waals surface area contributed by atoms with Crippen LogP contribution in [0.25, 0.3) is 0 Å². The highest BCUT2D eigenvalue weighted by Gasteiger charge is 2.05. The first-order valence-corrected chi connectivity index (χ1v) is 7.18. The molecule has 0 aliphatic carbocycles. The van der Waals surface area contributed by atoms with E-state index >= 15 is 0 Å². The summed E-state index contributed by atoms with van der Waals surface area (Å²) in [6.07, 6.45) is 0. The van der Waals surface area contributed by atoms with Crippen LogP contribution < -0.4 is 10.5 Å². The van der Waals surface area contributed by atoms with E-state index in [9.17, 15) is 4.39 Å². The van der Waals surface area contributed by atoms with Gasteiger partial charge in [-0.25, -0.2) is 4.39 Å². The Morgan fingerprint density at radius 3 is 2.43 bits per heavy atom. The standard InChI is InChI=1S/C17H18FNOS/c1-11(2)13-3-5-16(6-4-13)20-10-12-7-14(17(19)21)9-15(18)8-12/h3-9,11H,10H2,1-2H3,(H2,19,21). The van der Waals surface area contributed by atoms with Crippen LogP contribution in [-0.2, 0) is 6.61 Å². The number of halogens is 1. The van der Waals surface area contributed by atoms with E-state index in [2.05, 4.69) is 13.8 Å². The van der Waals surface area contributed by atoms with Gasteiger partial charge in [0, 0.05) is 5.56 Å². The first kappa shape index (κ1) is 15.4. The Hall–Kier alpha value is -1.94. The molecule has 4 heteroatoms. The van der Waals surface area contributed by atoms with Crippen molar-refractivity contribution in [2.45, 2.75) is 26.4 Å². The summed E-state index contributed by atoms with van der Waals surface area (Å²) in [6.45, 7) is 4.55. The summed E-state index contributed by atoms with van der Waals surface area (Å²) >= 11 is 4.87. The molecule has 2 aromatic carbocycles. The Balaban J connectivity index is 2.07. The quantitative estimate of drug-likeness (QED) is 0.842. The SMILES string of the molecule is CC(C)c1ccc(OCc2cc(F)cc(C(N)=S)c2)cc1. The van der Waals surface area contributed by atoms with Crippen molar-refractivity contribution in [2.24, 2.45) is 5.73 Å². The molecule has 2 N–H and O–H groups in total. The van der Waals surface area contributed by atoms with Gasteiger partial charge in [-0.1, -0.05) is 38.2 Å². The van der Waals surface area contributed by atoms with E-state index in [4.69, 9.17) is 22.7 Å². The van der Waals surface area contributed by atoms with Crippen LogP contribution in [0.2, 0.25) is 0 Å². The Kier molecular flexibility index (Phi) is 4.91. The molecule has 0 fully saturated rings. The number of hydrogen-bond acceptors (Lipinski definition) is 2. The molecule has 0 atom stereocenters. The molecule has 110 valence electrons. The predicted octanol–water partition coefficient (Wildman–Crippen LogP) is 4.16. The van der Waals surface area contributed by atoms with Crippen LogP contribution in [0.1, 0.15) is 36.5 Å². The van der Waals surface area contributed by atoms with Crippen molar-refractivity contribution in [2.75, 3.05) is 0 Å². The van der Waals surface area contributed by atoms with Crippen LogP contribution >= 0.6 is 12.2 Å². The summed E-state index contributed by atoms with van der Waals surface area (Å²) in [6, 6.07) is 12.4. The number of ether oxygens (including phenoxy) is 1. The van der Waals surface area contributed by atoms with Crippen LogP contribution in [0.15, 0.2) is 42.5 Å². The van der Waals surface area contributed by atoms with Crippen molar-refractivity contribution >= 4 is 17.2 Å². The molecule has 0 bridgehead atoms. The topological polar surface area (TPSA) is 35.2 Å². The first-order valence-electron chi connectivity index (χ1n) is 6.77. The van der Waals surface area contributed by atoms with Crippen LogP contribution in [-0.4, -0.2) is 4.99 Å². The summed E-state index contributed by atoms with van der Waals surface area (Å²) < 4.78 is 19.2. The Morgan fingerprint density at radius 2 is 1.86 bits per heavy atom. The Bertz CT molecular complexity index is 638. The molecule has 0 saturated carbocycles. The van der Waals surface area contributed by atoms with Crippen LogP contribution in [0.4, 0.5) is 4.39 Å². The minimum Gasteiger partial charge on any atom is -0.489 e. The van der Waals surface area contributed by atoms with Crippen molar-refractivity contribution in [3.8, 4) is 5.75 Å². The maximum atomic E-state index is 13.5. The van der Waals surface area contributed by atoms with Gasteiger partial charge in [0.05, 0.1) is 0 Å². The van der Waals surface area contributed by atoms with Crippen molar-refractivity contribution in [1.29, 1.82) is 0 Å². The average Bonchev–Trinajstić information content (AvgIpc) is 2.45. The van der Waals surface area contributed by atoms with E-state index in [1.165, 1.54) is 17.7 Å². The van der Waals surface area contributed by atoms with Gasteiger partial charge in [-0.2, -0.15) is 0 Å². The largest absolute Gasteiger partial charge is 0.489 e. The molecule has 0 aliphatic heterocycles. The fourth-order valence-electron chi connectivity index (χ4n) is 1.99. The highest BCUT2D eigenvalue weighted by atomic mass is 32.1. The molecule has 0 saturated heterocycles. The van der Waals surface area contributed by atoms with Gasteiger partial charge in [0.1, 0.15) is 23.2 Å². The smallest absolute Gasteiger partial charge is 0.124 e. The summed E-state index contributed by atoms with van der Waals surface area (Å²) in [5, 5.41) is 0. The average molecular weight is 303 g/mol. The highest BCUT2D eigenvalue weighted by Crippen LogP contribution is 2.20. The van der Waals surface area contributed by atoms with E-state index in [0.29, 0.717) is 17.0 Å². The lowest BCUT2D eigenvalue weighted by Gasteiger charge is -2.10. The van der Waals surface area contributed by atoms with Gasteiger partial charge in [-0.3, -0.25) is 0 Å². The lowest BCUT2D eigenvalue weighted by molar-refractivity contribution is 0.305. The Morgan fingerprint density at radius 1 is 1.19 bits per heavy atom. The van der Waals surface area contributed by atoms with E-state index in [0.717, 1.165) is 5.75 Å². The molecule has 0 heterocycles. The molecular weight excluding hydrogens is 285 g/mol. The van der Waals surface area contributed by atoms with Gasteiger partial charge in [0.15, 0.2) is 0 Å². The highest BCUT2D eigenvalue weighted by molar-refractivity contribution is 7.80. The molecule has 0 aromatic heterocycles. The normalized spacial score (nSPS) is 10.7. The van der Waals surface area contributed by atoms with Gasteiger partial charge >= 0.3 is 0 Å². The van der Waals surface area contributed by atoms with Gasteiger partial charge in [0.25, 0.3) is 0 Å². The Labute approximate surface area is 129 Å². The predicted molar refractivity (Wildman–Crippen MR) is 87.2 cm³/mol. The molecule has 0 unspecified atom stereocenters. The summed E-state index contributed by atoms with van der Waals surface area (Å²) in [5.41, 5.74) is 7.99. The lowest BCUT2D eigenvalue weighted by Crippen LogP contribution is -2.10. The second-order valence-corrected chi connectivity index (χ2v) is 5.66. The van der Waals surface area contributed by atoms with E-state index in [1.54, 1.807) is 6.07 Å². The maximum Gasteiger partial charge on any atom is 0.124 e. The van der Waals surface area contributed by atoms with Crippen LogP contribution in [0, 0.1) is 5.82 Å². The van der Waals surface area contributed by atoms with Gasteiger partial charge < -0.3 is 10.5 Å². The lowest BCUT2D eigenvalue weighted by atomic mass is 10.0. The van der Waals surface area contributed by atoms with Crippen LogP contribution in [0.5, 0.6) is 5.75 Å². The fourth-order valence-corrected chi connectivity index (χ4v) is 2.11. The fraction of sp³-hybridized carbons (Fsp3) is 0.235. The van der Waals surface area contributed by atoms with Crippen molar-refractivity contribution in [3.05, 3.63) is 65.0 Å². The van der Waals surface area contributed by atoms with E-state index in [-0.39, 0.29) is 17.4 Å². The number of hydrogen-bond donors (Lipinski definition) is 1. The van der Waals surface area contributed by atoms with E-state index < -0.39 is 0 Å². The summed E-state index contributed by atoms with van der Waals surface area (Å²) in [4.78, 5) is 0.178. The summed E-state index contributed by atoms with van der Waals surface area (Å²) in [7, 11) is 0. The van der Waals surface area contributed by atoms with E-state index in [1.807, 2.05) is 24.3 Å². The third-order valence-corrected chi connectivity index (χ3v) is 3.43. The minimum atomic E-state index is -0.367. The van der Waals surface area contributed by atoms with Crippen molar-refractivity contribution < 1.29 is 9.13 Å². The van der Waals surface area contributed by atoms with Gasteiger partial charge in [0.2, 0.25) is 0 Å². The second-order valence-electron chi connectivity index (χ2n) is 5.22. The number of rotatable bonds is 5. The van der Waals surface area contributed by atoms with Crippen molar-refractivity contribution in [1.82, 2.24) is 0 Å². The second kappa shape index (κ2) is 6.68. The zero-order chi connectivity index (χ0) is 15.4. The van der Waals surface area contributed by atoms with Gasteiger partial charge in [-0.15, -0.1) is 0 Å². The molecule has 0 amide bonds. The molecular formula is C17H18FNOS. The zero-order valence-electron chi connectivity index (χ0n) is 12.1. The zero-order valence-corrected chi connectivity index (χ0v) is 12.9. The molecule has 2 nitrogen and oxygen atoms in total. The molecule has 21 heavy (non-hydrogen) atoms. The molecule has 0 spiro atoms. The molecule has 0 aliphatic rings. The van der Waals surface area contributed by atoms with Crippen LogP contribution in [0.3, 0.4) is 0 Å². The number of thiocarbonyl (C=S) groups is 1. The third kappa shape index (κ3) is 4.26. The molecule has 0 radical (unpaired) electrons. The first-order chi connectivity index (χ1) is 9.95.